The molecule has 5 heteroatoms. The van der Waals surface area contributed by atoms with Crippen molar-refractivity contribution in [2.75, 3.05) is 52.9 Å². The molecule has 2 rings (SSSR count). The average molecular weight is 354 g/mol. The Morgan fingerprint density at radius 2 is 1.52 bits per heavy atom. The topological polar surface area (TPSA) is 43.9 Å². The first kappa shape index (κ1) is 22.1. The number of likely N-dealkylation sites (tertiary alicyclic amines) is 1. The molecule has 2 fully saturated rings. The minimum atomic E-state index is 0.171. The Kier molecular flexibility index (Phi) is 11.0. The fourth-order valence-corrected chi connectivity index (χ4v) is 3.49. The summed E-state index contributed by atoms with van der Waals surface area (Å²) in [5, 5.41) is 0. The largest absolute Gasteiger partial charge is 0.343 e. The summed E-state index contributed by atoms with van der Waals surface area (Å²) in [6.45, 7) is 13.6. The highest BCUT2D eigenvalue weighted by Gasteiger charge is 2.23. The second-order valence-electron chi connectivity index (χ2n) is 7.15. The van der Waals surface area contributed by atoms with E-state index in [4.69, 9.17) is 0 Å². The summed E-state index contributed by atoms with van der Waals surface area (Å²) in [6.07, 6.45) is 4.88. The van der Waals surface area contributed by atoms with E-state index in [9.17, 15) is 9.59 Å². The van der Waals surface area contributed by atoms with Crippen LogP contribution in [0.25, 0.3) is 0 Å². The van der Waals surface area contributed by atoms with Gasteiger partial charge in [-0.15, -0.1) is 0 Å². The molecule has 0 aromatic heterocycles. The summed E-state index contributed by atoms with van der Waals surface area (Å²) in [6, 6.07) is 0. The van der Waals surface area contributed by atoms with Crippen LogP contribution in [0.3, 0.4) is 0 Å². The van der Waals surface area contributed by atoms with Crippen LogP contribution in [0.15, 0.2) is 0 Å². The predicted molar refractivity (Wildman–Crippen MR) is 104 cm³/mol. The van der Waals surface area contributed by atoms with Gasteiger partial charge < -0.3 is 14.7 Å². The van der Waals surface area contributed by atoms with Crippen molar-refractivity contribution in [2.24, 2.45) is 5.92 Å². The van der Waals surface area contributed by atoms with Crippen LogP contribution in [0.5, 0.6) is 0 Å². The molecular weight excluding hydrogens is 314 g/mol. The van der Waals surface area contributed by atoms with E-state index in [1.54, 1.807) is 0 Å². The Balaban J connectivity index is 0.00000151. The molecule has 2 aliphatic heterocycles. The van der Waals surface area contributed by atoms with Crippen LogP contribution in [0.1, 0.15) is 59.3 Å². The van der Waals surface area contributed by atoms with Gasteiger partial charge in [-0.2, -0.15) is 0 Å². The van der Waals surface area contributed by atoms with E-state index in [0.29, 0.717) is 19.3 Å². The molecule has 0 aliphatic carbocycles. The predicted octanol–water partition coefficient (Wildman–Crippen LogP) is 2.65. The van der Waals surface area contributed by atoms with E-state index in [-0.39, 0.29) is 11.7 Å². The molecule has 0 radical (unpaired) electrons. The Labute approximate surface area is 154 Å². The highest BCUT2D eigenvalue weighted by Crippen LogP contribution is 2.22. The third-order valence-electron chi connectivity index (χ3n) is 5.43. The Morgan fingerprint density at radius 3 is 2.08 bits per heavy atom. The Bertz CT molecular complexity index is 384. The molecule has 0 unspecified atom stereocenters. The number of piperazine rings is 1. The number of hydrogen-bond acceptors (Lipinski definition) is 4. The Morgan fingerprint density at radius 1 is 0.920 bits per heavy atom. The number of carbonyl (C=O) groups is 2. The quantitative estimate of drug-likeness (QED) is 0.706. The number of rotatable bonds is 7. The minimum absolute atomic E-state index is 0.171. The van der Waals surface area contributed by atoms with Gasteiger partial charge in [0, 0.05) is 58.5 Å². The van der Waals surface area contributed by atoms with Gasteiger partial charge in [-0.05, 0) is 38.8 Å². The number of Topliss-reactive ketones (excluding diaryl/α,β-unsaturated/α-hetero) is 1. The molecule has 2 aliphatic rings. The summed E-state index contributed by atoms with van der Waals surface area (Å²) in [5.74, 6) is 1.13. The summed E-state index contributed by atoms with van der Waals surface area (Å²) >= 11 is 0. The van der Waals surface area contributed by atoms with E-state index in [0.717, 1.165) is 31.8 Å². The first-order valence-corrected chi connectivity index (χ1v) is 10.3. The standard InChI is InChI=1S/C18H33N3O2.C2H6/c1-3-17(22)4-5-18(23)21-10-7-16(8-11-21)6-9-20-14-12-19(2)13-15-20;1-2/h16H,3-15H2,1-2H3;1-2H3. The van der Waals surface area contributed by atoms with Crippen molar-refractivity contribution >= 4 is 11.7 Å². The van der Waals surface area contributed by atoms with Gasteiger partial charge in [0.2, 0.25) is 5.91 Å². The van der Waals surface area contributed by atoms with Crippen molar-refractivity contribution in [1.82, 2.24) is 14.7 Å². The zero-order chi connectivity index (χ0) is 18.7. The Hall–Kier alpha value is -0.940. The van der Waals surface area contributed by atoms with Crippen LogP contribution >= 0.6 is 0 Å². The zero-order valence-electron chi connectivity index (χ0n) is 16.9. The molecule has 0 bridgehead atoms. The molecular formula is C20H39N3O2. The minimum Gasteiger partial charge on any atom is -0.343 e. The number of likely N-dealkylation sites (N-methyl/N-ethyl adjacent to an activating group) is 1. The van der Waals surface area contributed by atoms with Gasteiger partial charge in [-0.25, -0.2) is 0 Å². The molecule has 5 nitrogen and oxygen atoms in total. The fourth-order valence-electron chi connectivity index (χ4n) is 3.49. The molecule has 146 valence electrons. The smallest absolute Gasteiger partial charge is 0.223 e. The zero-order valence-corrected chi connectivity index (χ0v) is 16.9. The van der Waals surface area contributed by atoms with Gasteiger partial charge in [0.1, 0.15) is 5.78 Å². The van der Waals surface area contributed by atoms with Crippen molar-refractivity contribution in [1.29, 1.82) is 0 Å². The normalized spacial score (nSPS) is 20.1. The lowest BCUT2D eigenvalue weighted by Crippen LogP contribution is -2.45. The van der Waals surface area contributed by atoms with E-state index in [1.807, 2.05) is 25.7 Å². The van der Waals surface area contributed by atoms with Crippen molar-refractivity contribution in [3.05, 3.63) is 0 Å². The van der Waals surface area contributed by atoms with Crippen molar-refractivity contribution in [3.63, 3.8) is 0 Å². The summed E-state index contributed by atoms with van der Waals surface area (Å²) < 4.78 is 0. The maximum absolute atomic E-state index is 12.1. The molecule has 0 N–H and O–H groups in total. The maximum Gasteiger partial charge on any atom is 0.223 e. The number of carbonyl (C=O) groups excluding carboxylic acids is 2. The summed E-state index contributed by atoms with van der Waals surface area (Å²) in [4.78, 5) is 30.4. The molecule has 0 spiro atoms. The van der Waals surface area contributed by atoms with Crippen LogP contribution in [-0.4, -0.2) is 79.3 Å². The molecule has 0 aromatic rings. The van der Waals surface area contributed by atoms with Crippen LogP contribution in [0.2, 0.25) is 0 Å². The lowest BCUT2D eigenvalue weighted by molar-refractivity contribution is -0.134. The van der Waals surface area contributed by atoms with E-state index in [1.165, 1.54) is 39.1 Å². The van der Waals surface area contributed by atoms with Gasteiger partial charge in [-0.1, -0.05) is 20.8 Å². The fraction of sp³-hybridized carbons (Fsp3) is 0.900. The van der Waals surface area contributed by atoms with Crippen LogP contribution in [0, 0.1) is 5.92 Å². The lowest BCUT2D eigenvalue weighted by atomic mass is 9.93. The summed E-state index contributed by atoms with van der Waals surface area (Å²) in [7, 11) is 2.19. The van der Waals surface area contributed by atoms with Crippen molar-refractivity contribution in [3.8, 4) is 0 Å². The highest BCUT2D eigenvalue weighted by atomic mass is 16.2. The summed E-state index contributed by atoms with van der Waals surface area (Å²) in [5.41, 5.74) is 0. The van der Waals surface area contributed by atoms with Crippen molar-refractivity contribution < 1.29 is 9.59 Å². The van der Waals surface area contributed by atoms with Gasteiger partial charge in [0.05, 0.1) is 0 Å². The van der Waals surface area contributed by atoms with Crippen LogP contribution in [0.4, 0.5) is 0 Å². The molecule has 0 atom stereocenters. The third-order valence-corrected chi connectivity index (χ3v) is 5.43. The first-order chi connectivity index (χ1) is 12.1. The lowest BCUT2D eigenvalue weighted by Gasteiger charge is -2.35. The number of ketones is 1. The number of nitrogens with zero attached hydrogens (tertiary/aromatic N) is 3. The van der Waals surface area contributed by atoms with Crippen LogP contribution < -0.4 is 0 Å². The van der Waals surface area contributed by atoms with E-state index < -0.39 is 0 Å². The van der Waals surface area contributed by atoms with Gasteiger partial charge >= 0.3 is 0 Å². The monoisotopic (exact) mass is 353 g/mol. The van der Waals surface area contributed by atoms with E-state index in [2.05, 4.69) is 16.8 Å². The second-order valence-corrected chi connectivity index (χ2v) is 7.15. The number of piperidine rings is 1. The molecule has 25 heavy (non-hydrogen) atoms. The van der Waals surface area contributed by atoms with Crippen molar-refractivity contribution in [2.45, 2.75) is 59.3 Å². The highest BCUT2D eigenvalue weighted by molar-refractivity contribution is 5.84. The van der Waals surface area contributed by atoms with Gasteiger partial charge in [0.25, 0.3) is 0 Å². The third kappa shape index (κ3) is 8.32. The van der Waals surface area contributed by atoms with Gasteiger partial charge in [0.15, 0.2) is 0 Å². The van der Waals surface area contributed by atoms with Crippen LogP contribution in [-0.2, 0) is 9.59 Å². The molecule has 2 saturated heterocycles. The number of hydrogen-bond donors (Lipinski definition) is 0. The second kappa shape index (κ2) is 12.4. The molecule has 0 aromatic carbocycles. The molecule has 0 saturated carbocycles. The van der Waals surface area contributed by atoms with Gasteiger partial charge in [-0.3, -0.25) is 9.59 Å². The maximum atomic E-state index is 12.1. The first-order valence-electron chi connectivity index (χ1n) is 10.3. The SMILES string of the molecule is CC.CCC(=O)CCC(=O)N1CCC(CCN2CCN(C)CC2)CC1. The van der Waals surface area contributed by atoms with E-state index >= 15 is 0 Å². The molecule has 2 heterocycles. The molecule has 1 amide bonds. The number of amides is 1. The average Bonchev–Trinajstić information content (AvgIpc) is 2.67.